The summed E-state index contributed by atoms with van der Waals surface area (Å²) < 4.78 is 82.5. The number of hydrogen-bond donors (Lipinski definition) is 1. The fraction of sp³-hybridized carbons (Fsp3) is 0.318. The second-order valence-corrected chi connectivity index (χ2v) is 10.6. The Kier molecular flexibility index (Phi) is 6.97. The average Bonchev–Trinajstić information content (AvgIpc) is 2.81. The third-order valence-electron chi connectivity index (χ3n) is 5.61. The monoisotopic (exact) mass is 546 g/mol. The maximum absolute atomic E-state index is 14.9. The van der Waals surface area contributed by atoms with Crippen LogP contribution in [0, 0.1) is 5.82 Å². The van der Waals surface area contributed by atoms with Crippen LogP contribution < -0.4 is 15.2 Å². The van der Waals surface area contributed by atoms with Crippen LogP contribution in [0.25, 0.3) is 11.1 Å². The summed E-state index contributed by atoms with van der Waals surface area (Å²) in [5, 5.41) is 0.0182. The number of halogens is 5. The van der Waals surface area contributed by atoms with E-state index in [1.807, 2.05) is 0 Å². The number of nitrogens with zero attached hydrogens (tertiary/aromatic N) is 3. The van der Waals surface area contributed by atoms with Crippen molar-refractivity contribution in [2.45, 2.75) is 30.0 Å². The zero-order valence-corrected chi connectivity index (χ0v) is 20.2. The summed E-state index contributed by atoms with van der Waals surface area (Å²) in [6.07, 6.45) is -0.624. The molecule has 1 aliphatic heterocycles. The maximum Gasteiger partial charge on any atom is 0.419 e. The molecule has 1 saturated heterocycles. The van der Waals surface area contributed by atoms with E-state index in [2.05, 4.69) is 15.0 Å². The Morgan fingerprint density at radius 2 is 1.81 bits per heavy atom. The van der Waals surface area contributed by atoms with Gasteiger partial charge in [0.05, 0.1) is 21.0 Å². The van der Waals surface area contributed by atoms with Crippen molar-refractivity contribution in [2.75, 3.05) is 24.2 Å². The van der Waals surface area contributed by atoms with Gasteiger partial charge in [-0.15, -0.1) is 0 Å². The van der Waals surface area contributed by atoms with Crippen LogP contribution in [-0.2, 0) is 16.0 Å². The predicted octanol–water partition coefficient (Wildman–Crippen LogP) is 4.09. The molecule has 2 aromatic heterocycles. The molecule has 1 aromatic carbocycles. The fourth-order valence-corrected chi connectivity index (χ4v) is 4.58. The highest BCUT2D eigenvalue weighted by atomic mass is 35.5. The van der Waals surface area contributed by atoms with E-state index in [0.717, 1.165) is 24.7 Å². The van der Waals surface area contributed by atoms with Crippen LogP contribution in [-0.4, -0.2) is 48.8 Å². The Labute approximate surface area is 207 Å². The predicted molar refractivity (Wildman–Crippen MR) is 123 cm³/mol. The first-order valence-corrected chi connectivity index (χ1v) is 12.8. The number of nitrogens with one attached hydrogen (secondary N) is 1. The number of ether oxygens (including phenoxy) is 1. The molecule has 1 aliphatic rings. The van der Waals surface area contributed by atoms with Crippen LogP contribution in [0.5, 0.6) is 5.75 Å². The molecule has 36 heavy (non-hydrogen) atoms. The minimum Gasteiger partial charge on any atom is -0.488 e. The van der Waals surface area contributed by atoms with Crippen LogP contribution in [0.15, 0.2) is 46.5 Å². The topological polar surface area (TPSA) is 105 Å². The van der Waals surface area contributed by atoms with Gasteiger partial charge in [-0.3, -0.25) is 4.79 Å². The minimum atomic E-state index is -4.53. The van der Waals surface area contributed by atoms with Crippen molar-refractivity contribution < 1.29 is 30.7 Å². The number of H-pyrrole nitrogens is 1. The van der Waals surface area contributed by atoms with Crippen LogP contribution in [0.4, 0.5) is 23.5 Å². The second-order valence-electron chi connectivity index (χ2n) is 8.16. The summed E-state index contributed by atoms with van der Waals surface area (Å²) >= 11 is 6.27. The van der Waals surface area contributed by atoms with Gasteiger partial charge < -0.3 is 14.6 Å². The molecular formula is C22H19ClF4N4O4S. The van der Waals surface area contributed by atoms with Gasteiger partial charge in [0.15, 0.2) is 15.6 Å². The molecule has 4 rings (SSSR count). The van der Waals surface area contributed by atoms with Crippen LogP contribution in [0.3, 0.4) is 0 Å². The van der Waals surface area contributed by atoms with E-state index >= 15 is 0 Å². The lowest BCUT2D eigenvalue weighted by Gasteiger charge is -2.32. The van der Waals surface area contributed by atoms with E-state index < -0.39 is 39.1 Å². The van der Waals surface area contributed by atoms with Gasteiger partial charge in [0.1, 0.15) is 11.9 Å². The summed E-state index contributed by atoms with van der Waals surface area (Å²) in [6.45, 7) is 0.702. The molecule has 0 radical (unpaired) electrons. The molecule has 0 bridgehead atoms. The van der Waals surface area contributed by atoms with E-state index in [9.17, 15) is 30.8 Å². The first-order valence-electron chi connectivity index (χ1n) is 10.6. The molecule has 0 unspecified atom stereocenters. The highest BCUT2D eigenvalue weighted by Gasteiger charge is 2.32. The molecule has 1 fully saturated rings. The van der Waals surface area contributed by atoms with Gasteiger partial charge in [-0.25, -0.2) is 22.8 Å². The highest BCUT2D eigenvalue weighted by molar-refractivity contribution is 7.90. The molecule has 0 amide bonds. The van der Waals surface area contributed by atoms with Crippen molar-refractivity contribution >= 4 is 27.4 Å². The van der Waals surface area contributed by atoms with Crippen LogP contribution >= 0.6 is 11.6 Å². The normalized spacial score (nSPS) is 15.2. The van der Waals surface area contributed by atoms with E-state index in [4.69, 9.17) is 16.3 Å². The van der Waals surface area contributed by atoms with Crippen molar-refractivity contribution in [3.8, 4) is 16.9 Å². The number of anilines is 1. The first kappa shape index (κ1) is 25.9. The fourth-order valence-electron chi connectivity index (χ4n) is 3.75. The summed E-state index contributed by atoms with van der Waals surface area (Å²) in [4.78, 5) is 24.1. The van der Waals surface area contributed by atoms with Gasteiger partial charge in [-0.2, -0.15) is 13.2 Å². The summed E-state index contributed by atoms with van der Waals surface area (Å²) in [5.74, 6) is -0.857. The Balaban J connectivity index is 1.54. The number of benzene rings is 1. The smallest absolute Gasteiger partial charge is 0.419 e. The molecule has 3 aromatic rings. The van der Waals surface area contributed by atoms with Gasteiger partial charge in [-0.05, 0) is 18.2 Å². The Hall–Kier alpha value is -3.19. The van der Waals surface area contributed by atoms with Gasteiger partial charge in [0.25, 0.3) is 5.56 Å². The number of alkyl halides is 3. The number of aromatic nitrogens is 3. The first-order chi connectivity index (χ1) is 16.8. The second kappa shape index (κ2) is 9.69. The highest BCUT2D eigenvalue weighted by Crippen LogP contribution is 2.37. The van der Waals surface area contributed by atoms with Gasteiger partial charge in [0, 0.05) is 56.3 Å². The van der Waals surface area contributed by atoms with Crippen molar-refractivity contribution in [1.29, 1.82) is 0 Å². The molecule has 0 aliphatic carbocycles. The maximum atomic E-state index is 14.9. The Morgan fingerprint density at radius 3 is 2.36 bits per heavy atom. The SMILES string of the molecule is CS(=O)(=O)c1ccc(-c2c(OC3CCN(c4ncc(C(F)(F)F)cn4)CC3)c(Cl)c[nH]c2=O)c(F)c1. The lowest BCUT2D eigenvalue weighted by atomic mass is 10.0. The quantitative estimate of drug-likeness (QED) is 0.480. The third-order valence-corrected chi connectivity index (χ3v) is 7.00. The van der Waals surface area contributed by atoms with Crippen molar-refractivity contribution in [3.05, 3.63) is 63.5 Å². The van der Waals surface area contributed by atoms with Gasteiger partial charge in [-0.1, -0.05) is 11.6 Å². The molecular weight excluding hydrogens is 528 g/mol. The van der Waals surface area contributed by atoms with E-state index in [1.54, 1.807) is 4.90 Å². The molecule has 192 valence electrons. The number of piperidine rings is 1. The van der Waals surface area contributed by atoms with Crippen molar-refractivity contribution in [1.82, 2.24) is 15.0 Å². The number of pyridine rings is 1. The van der Waals surface area contributed by atoms with Crippen molar-refractivity contribution in [3.63, 3.8) is 0 Å². The van der Waals surface area contributed by atoms with Crippen LogP contribution in [0.1, 0.15) is 18.4 Å². The lowest BCUT2D eigenvalue weighted by molar-refractivity contribution is -0.138. The van der Waals surface area contributed by atoms with E-state index in [1.165, 1.54) is 18.3 Å². The molecule has 14 heteroatoms. The van der Waals surface area contributed by atoms with E-state index in [-0.39, 0.29) is 32.7 Å². The standard InChI is InChI=1S/C22H19ClF4N4O4S/c1-36(33,34)14-2-3-15(17(24)8-14)18-19(16(23)11-28-20(18)32)35-13-4-6-31(7-5-13)21-29-9-12(10-30-21)22(25,26)27/h2-3,8-11,13H,4-7H2,1H3,(H,28,32). The number of hydrogen-bond acceptors (Lipinski definition) is 7. The lowest BCUT2D eigenvalue weighted by Crippen LogP contribution is -2.39. The number of sulfone groups is 1. The Morgan fingerprint density at radius 1 is 1.17 bits per heavy atom. The molecule has 0 spiro atoms. The third kappa shape index (κ3) is 5.46. The molecule has 0 atom stereocenters. The number of aromatic amines is 1. The molecule has 0 saturated carbocycles. The Bertz CT molecular complexity index is 1440. The summed E-state index contributed by atoms with van der Waals surface area (Å²) in [5.41, 5.74) is -2.00. The number of rotatable bonds is 5. The van der Waals surface area contributed by atoms with Crippen LogP contribution in [0.2, 0.25) is 5.02 Å². The zero-order chi connectivity index (χ0) is 26.3. The van der Waals surface area contributed by atoms with E-state index in [0.29, 0.717) is 25.9 Å². The summed E-state index contributed by atoms with van der Waals surface area (Å²) in [6, 6.07) is 3.17. The van der Waals surface area contributed by atoms with Gasteiger partial charge in [0.2, 0.25) is 5.95 Å². The molecule has 8 nitrogen and oxygen atoms in total. The average molecular weight is 547 g/mol. The van der Waals surface area contributed by atoms with Crippen molar-refractivity contribution in [2.24, 2.45) is 0 Å². The largest absolute Gasteiger partial charge is 0.488 e. The minimum absolute atomic E-state index is 0.0182. The molecule has 3 heterocycles. The molecule has 1 N–H and O–H groups in total. The summed E-state index contributed by atoms with van der Waals surface area (Å²) in [7, 11) is -3.67. The van der Waals surface area contributed by atoms with Gasteiger partial charge >= 0.3 is 6.18 Å². The zero-order valence-electron chi connectivity index (χ0n) is 18.6.